The summed E-state index contributed by atoms with van der Waals surface area (Å²) in [6, 6.07) is 15.2. The molecule has 0 unspecified atom stereocenters. The fourth-order valence-electron chi connectivity index (χ4n) is 3.38. The van der Waals surface area contributed by atoms with E-state index in [1.165, 1.54) is 46.8 Å². The molecule has 1 heterocycles. The smallest absolute Gasteiger partial charge is 0.264 e. The normalized spacial score (nSPS) is 11.2. The van der Waals surface area contributed by atoms with Gasteiger partial charge in [-0.1, -0.05) is 18.2 Å². The molecule has 0 aliphatic rings. The Morgan fingerprint density at radius 3 is 2.30 bits per heavy atom. The van der Waals surface area contributed by atoms with Crippen LogP contribution in [0.4, 0.5) is 10.1 Å². The van der Waals surface area contributed by atoms with Gasteiger partial charge < -0.3 is 9.64 Å². The molecule has 7 nitrogen and oxygen atoms in total. The van der Waals surface area contributed by atoms with Gasteiger partial charge in [0, 0.05) is 24.7 Å². The van der Waals surface area contributed by atoms with E-state index in [2.05, 4.69) is 4.98 Å². The molecule has 3 rings (SSSR count). The molecule has 0 fully saturated rings. The number of likely N-dealkylation sites (N-methyl/N-ethyl adjacent to an activating group) is 1. The molecule has 9 heteroatoms. The van der Waals surface area contributed by atoms with E-state index in [4.69, 9.17) is 4.74 Å². The number of carbonyl (C=O) groups is 1. The maximum absolute atomic E-state index is 13.6. The summed E-state index contributed by atoms with van der Waals surface area (Å²) in [6.07, 6.45) is 1.42. The van der Waals surface area contributed by atoms with Gasteiger partial charge in [-0.05, 0) is 55.8 Å². The number of benzene rings is 2. The minimum Gasteiger partial charge on any atom is -0.481 e. The number of anilines is 1. The third-order valence-corrected chi connectivity index (χ3v) is 7.20. The molecule has 3 aromatic rings. The molecule has 0 aliphatic heterocycles. The zero-order valence-corrected chi connectivity index (χ0v) is 19.5. The average Bonchev–Trinajstić information content (AvgIpc) is 2.82. The van der Waals surface area contributed by atoms with Gasteiger partial charge in [0.1, 0.15) is 5.82 Å². The van der Waals surface area contributed by atoms with Gasteiger partial charge in [-0.15, -0.1) is 0 Å². The largest absolute Gasteiger partial charge is 0.481 e. The van der Waals surface area contributed by atoms with Crippen molar-refractivity contribution in [3.8, 4) is 5.88 Å². The van der Waals surface area contributed by atoms with Crippen molar-refractivity contribution >= 4 is 21.6 Å². The summed E-state index contributed by atoms with van der Waals surface area (Å²) in [5, 5.41) is 0. The molecule has 0 atom stereocenters. The number of methoxy groups -OCH3 is 1. The zero-order chi connectivity index (χ0) is 24.0. The highest BCUT2D eigenvalue weighted by Crippen LogP contribution is 2.26. The molecule has 0 radical (unpaired) electrons. The van der Waals surface area contributed by atoms with Crippen LogP contribution in [0.15, 0.2) is 71.8 Å². The molecule has 174 valence electrons. The molecule has 0 saturated heterocycles. The molecule has 0 N–H and O–H groups in total. The lowest BCUT2D eigenvalue weighted by Gasteiger charge is -2.28. The van der Waals surface area contributed by atoms with Crippen LogP contribution in [-0.4, -0.2) is 51.0 Å². The van der Waals surface area contributed by atoms with Crippen LogP contribution in [0.3, 0.4) is 0 Å². The lowest BCUT2D eigenvalue weighted by molar-refractivity contribution is 0.0769. The van der Waals surface area contributed by atoms with Crippen LogP contribution in [0.5, 0.6) is 5.88 Å². The van der Waals surface area contributed by atoms with Crippen LogP contribution in [0.1, 0.15) is 22.8 Å². The summed E-state index contributed by atoms with van der Waals surface area (Å²) >= 11 is 0. The number of rotatable bonds is 9. The SMILES string of the molecule is CCN(CCN(c1ccc(OC)nc1)S(=O)(=O)c1ccccc1C)C(=O)c1ccc(F)cc1. The van der Waals surface area contributed by atoms with E-state index in [1.807, 2.05) is 0 Å². The molecule has 2 aromatic carbocycles. The summed E-state index contributed by atoms with van der Waals surface area (Å²) in [7, 11) is -2.46. The van der Waals surface area contributed by atoms with E-state index in [-0.39, 0.29) is 23.9 Å². The standard InChI is InChI=1S/C24H26FN3O4S/c1-4-27(24(29)19-9-11-20(25)12-10-19)15-16-28(21-13-14-23(32-3)26-17-21)33(30,31)22-8-6-5-7-18(22)2/h5-14,17H,4,15-16H2,1-3H3. The number of hydrogen-bond donors (Lipinski definition) is 0. The Labute approximate surface area is 193 Å². The predicted molar refractivity (Wildman–Crippen MR) is 124 cm³/mol. The van der Waals surface area contributed by atoms with Crippen molar-refractivity contribution in [3.63, 3.8) is 0 Å². The molecule has 1 aromatic heterocycles. The molecule has 0 bridgehead atoms. The average molecular weight is 472 g/mol. The Balaban J connectivity index is 1.93. The number of pyridine rings is 1. The van der Waals surface area contributed by atoms with Gasteiger partial charge >= 0.3 is 0 Å². The van der Waals surface area contributed by atoms with Crippen LogP contribution in [0.2, 0.25) is 0 Å². The second-order valence-corrected chi connectivity index (χ2v) is 9.12. The second-order valence-electron chi connectivity index (χ2n) is 7.29. The highest BCUT2D eigenvalue weighted by molar-refractivity contribution is 7.92. The number of ether oxygens (including phenoxy) is 1. The third-order valence-electron chi connectivity index (χ3n) is 5.21. The highest BCUT2D eigenvalue weighted by Gasteiger charge is 2.28. The molecule has 1 amide bonds. The van der Waals surface area contributed by atoms with Gasteiger partial charge in [0.05, 0.1) is 30.4 Å². The van der Waals surface area contributed by atoms with E-state index in [0.29, 0.717) is 29.2 Å². The van der Waals surface area contributed by atoms with Crippen LogP contribution in [0.25, 0.3) is 0 Å². The number of aryl methyl sites for hydroxylation is 1. The number of carbonyl (C=O) groups excluding carboxylic acids is 1. The van der Waals surface area contributed by atoms with Crippen molar-refractivity contribution < 1.29 is 22.3 Å². The van der Waals surface area contributed by atoms with Crippen LogP contribution >= 0.6 is 0 Å². The maximum Gasteiger partial charge on any atom is 0.264 e. The van der Waals surface area contributed by atoms with Crippen molar-refractivity contribution in [2.75, 3.05) is 31.0 Å². The number of sulfonamides is 1. The fraction of sp³-hybridized carbons (Fsp3) is 0.250. The zero-order valence-electron chi connectivity index (χ0n) is 18.7. The first-order chi connectivity index (χ1) is 15.8. The Morgan fingerprint density at radius 1 is 1.03 bits per heavy atom. The van der Waals surface area contributed by atoms with Crippen molar-refractivity contribution in [2.24, 2.45) is 0 Å². The maximum atomic E-state index is 13.6. The molecular formula is C24H26FN3O4S. The van der Waals surface area contributed by atoms with E-state index in [1.54, 1.807) is 50.2 Å². The van der Waals surface area contributed by atoms with Crippen molar-refractivity contribution in [2.45, 2.75) is 18.7 Å². The summed E-state index contributed by atoms with van der Waals surface area (Å²) in [5.41, 5.74) is 1.29. The Morgan fingerprint density at radius 2 is 1.73 bits per heavy atom. The van der Waals surface area contributed by atoms with Gasteiger partial charge in [-0.25, -0.2) is 17.8 Å². The lowest BCUT2D eigenvalue weighted by atomic mass is 10.2. The minimum atomic E-state index is -3.94. The summed E-state index contributed by atoms with van der Waals surface area (Å²) in [5.74, 6) is -0.385. The quantitative estimate of drug-likeness (QED) is 0.473. The van der Waals surface area contributed by atoms with Gasteiger partial charge in [-0.2, -0.15) is 0 Å². The van der Waals surface area contributed by atoms with Crippen molar-refractivity contribution in [1.82, 2.24) is 9.88 Å². The highest BCUT2D eigenvalue weighted by atomic mass is 32.2. The lowest BCUT2D eigenvalue weighted by Crippen LogP contribution is -2.41. The second kappa shape index (κ2) is 10.4. The molecule has 0 spiro atoms. The van der Waals surface area contributed by atoms with Gasteiger partial charge in [0.2, 0.25) is 5.88 Å². The Bertz CT molecular complexity index is 1200. The van der Waals surface area contributed by atoms with Gasteiger partial charge in [-0.3, -0.25) is 9.10 Å². The van der Waals surface area contributed by atoms with Gasteiger partial charge in [0.15, 0.2) is 0 Å². The number of nitrogens with zero attached hydrogens (tertiary/aromatic N) is 3. The summed E-state index contributed by atoms with van der Waals surface area (Å²) in [6.45, 7) is 4.02. The molecule has 0 aliphatic carbocycles. The molecule has 0 saturated carbocycles. The molecule has 33 heavy (non-hydrogen) atoms. The van der Waals surface area contributed by atoms with E-state index in [0.717, 1.165) is 0 Å². The molecular weight excluding hydrogens is 445 g/mol. The summed E-state index contributed by atoms with van der Waals surface area (Å²) in [4.78, 5) is 18.7. The first kappa shape index (κ1) is 24.2. The third kappa shape index (κ3) is 5.48. The first-order valence-corrected chi connectivity index (χ1v) is 11.8. The van der Waals surface area contributed by atoms with Crippen LogP contribution < -0.4 is 9.04 Å². The minimum absolute atomic E-state index is 0.00541. The number of amides is 1. The van der Waals surface area contributed by atoms with Crippen molar-refractivity contribution in [3.05, 3.63) is 83.8 Å². The Kier molecular flexibility index (Phi) is 7.65. The Hall–Kier alpha value is -3.46. The number of hydrogen-bond acceptors (Lipinski definition) is 5. The topological polar surface area (TPSA) is 79.8 Å². The van der Waals surface area contributed by atoms with Crippen LogP contribution in [-0.2, 0) is 10.0 Å². The predicted octanol–water partition coefficient (Wildman–Crippen LogP) is 3.90. The van der Waals surface area contributed by atoms with E-state index < -0.39 is 15.8 Å². The van der Waals surface area contributed by atoms with E-state index >= 15 is 0 Å². The number of aromatic nitrogens is 1. The first-order valence-electron chi connectivity index (χ1n) is 10.4. The van der Waals surface area contributed by atoms with E-state index in [9.17, 15) is 17.6 Å². The van der Waals surface area contributed by atoms with Gasteiger partial charge in [0.25, 0.3) is 15.9 Å². The van der Waals surface area contributed by atoms with Crippen molar-refractivity contribution in [1.29, 1.82) is 0 Å². The van der Waals surface area contributed by atoms with Crippen LogP contribution in [0, 0.1) is 12.7 Å². The fourth-order valence-corrected chi connectivity index (χ4v) is 5.05. The summed E-state index contributed by atoms with van der Waals surface area (Å²) < 4.78 is 46.8. The monoisotopic (exact) mass is 471 g/mol. The number of halogens is 1.